The quantitative estimate of drug-likeness (QED) is 0.388. The Morgan fingerprint density at radius 3 is 2.57 bits per heavy atom. The molecule has 1 unspecified atom stereocenters. The van der Waals surface area contributed by atoms with Crippen LogP contribution in [0.2, 0.25) is 0 Å². The molecular weight excluding hydrogens is 648 g/mol. The number of carbonyl (C=O) groups is 4. The molecule has 1 aromatic rings. The van der Waals surface area contributed by atoms with E-state index in [9.17, 15) is 29.1 Å². The summed E-state index contributed by atoms with van der Waals surface area (Å²) in [5, 5.41) is 20.4. The van der Waals surface area contributed by atoms with Crippen LogP contribution in [0.3, 0.4) is 0 Å². The van der Waals surface area contributed by atoms with Crippen molar-refractivity contribution in [2.24, 2.45) is 5.92 Å². The van der Waals surface area contributed by atoms with Gasteiger partial charge in [-0.15, -0.1) is 0 Å². The lowest BCUT2D eigenvalue weighted by atomic mass is 9.98. The number of allylic oxidation sites excluding steroid dienone is 1. The number of aliphatic carboxylic acids is 1. The number of anilines is 1. The smallest absolute Gasteiger partial charge is 0.408 e. The number of alkyl carbamates (subject to hydrolysis) is 1. The first-order valence-corrected chi connectivity index (χ1v) is 19.0. The minimum Gasteiger partial charge on any atom is -0.479 e. The number of carbonyl (C=O) groups excluding carboxylic acids is 3. The van der Waals surface area contributed by atoms with Gasteiger partial charge in [0.25, 0.3) is 5.56 Å². The Balaban J connectivity index is 1.35. The lowest BCUT2D eigenvalue weighted by Crippen LogP contribution is -2.56. The molecule has 6 rings (SSSR count). The molecule has 5 aliphatic rings. The molecule has 0 aromatic carbocycles. The molecule has 4 fully saturated rings. The third kappa shape index (κ3) is 7.63. The van der Waals surface area contributed by atoms with E-state index in [0.717, 1.165) is 74.4 Å². The van der Waals surface area contributed by atoms with Crippen molar-refractivity contribution >= 4 is 41.3 Å². The van der Waals surface area contributed by atoms with Gasteiger partial charge in [-0.3, -0.25) is 14.4 Å². The number of thioether (sulfide) groups is 1. The first-order valence-electron chi connectivity index (χ1n) is 17.8. The van der Waals surface area contributed by atoms with Crippen LogP contribution in [0.4, 0.5) is 10.5 Å². The van der Waals surface area contributed by atoms with Gasteiger partial charge in [-0.05, 0) is 71.5 Å². The predicted molar refractivity (Wildman–Crippen MR) is 186 cm³/mol. The van der Waals surface area contributed by atoms with Crippen molar-refractivity contribution in [1.29, 1.82) is 0 Å². The highest BCUT2D eigenvalue weighted by molar-refractivity contribution is 7.99. The second kappa shape index (κ2) is 14.4. The zero-order chi connectivity index (χ0) is 34.9. The average Bonchev–Trinajstić information content (AvgIpc) is 3.56. The van der Waals surface area contributed by atoms with Crippen LogP contribution in [-0.2, 0) is 19.1 Å². The summed E-state index contributed by atoms with van der Waals surface area (Å²) in [5.74, 6) is -0.598. The Morgan fingerprint density at radius 2 is 1.88 bits per heavy atom. The van der Waals surface area contributed by atoms with Crippen molar-refractivity contribution in [3.63, 3.8) is 0 Å². The van der Waals surface area contributed by atoms with Crippen molar-refractivity contribution in [2.75, 3.05) is 36.0 Å². The highest BCUT2D eigenvalue weighted by Crippen LogP contribution is 2.46. The van der Waals surface area contributed by atoms with Crippen LogP contribution in [0, 0.1) is 5.92 Å². The molecule has 14 heteroatoms. The van der Waals surface area contributed by atoms with E-state index in [1.807, 2.05) is 23.9 Å². The van der Waals surface area contributed by atoms with Crippen LogP contribution in [0.1, 0.15) is 103 Å². The number of carboxylic acids is 1. The summed E-state index contributed by atoms with van der Waals surface area (Å²) in [6.45, 7) is 6.99. The molecular formula is C35H50N6O7S. The van der Waals surface area contributed by atoms with Crippen molar-refractivity contribution in [3.05, 3.63) is 34.3 Å². The largest absolute Gasteiger partial charge is 0.479 e. The van der Waals surface area contributed by atoms with E-state index >= 15 is 0 Å². The maximum atomic E-state index is 14.4. The normalized spacial score (nSPS) is 31.6. The fourth-order valence-corrected chi connectivity index (χ4v) is 9.03. The molecule has 0 radical (unpaired) electrons. The van der Waals surface area contributed by atoms with Crippen LogP contribution < -0.4 is 21.1 Å². The minimum atomic E-state index is -1.45. The minimum absolute atomic E-state index is 0.0155. The van der Waals surface area contributed by atoms with Crippen LogP contribution >= 0.6 is 11.8 Å². The molecule has 1 aromatic heterocycles. The molecule has 5 heterocycles. The van der Waals surface area contributed by atoms with Crippen LogP contribution in [0.15, 0.2) is 23.1 Å². The zero-order valence-corrected chi connectivity index (χ0v) is 29.6. The van der Waals surface area contributed by atoms with Crippen molar-refractivity contribution < 1.29 is 29.0 Å². The molecule has 3 N–H and O–H groups in total. The van der Waals surface area contributed by atoms with E-state index in [-0.39, 0.29) is 36.8 Å². The fraction of sp³-hybridized carbons (Fsp3) is 0.714. The molecule has 3 saturated heterocycles. The summed E-state index contributed by atoms with van der Waals surface area (Å²) in [5.41, 5.74) is -0.796. The van der Waals surface area contributed by atoms with E-state index in [2.05, 4.69) is 20.6 Å². The molecule has 1 aliphatic carbocycles. The second-order valence-corrected chi connectivity index (χ2v) is 16.3. The number of rotatable bonds is 5. The zero-order valence-electron chi connectivity index (χ0n) is 28.8. The van der Waals surface area contributed by atoms with Gasteiger partial charge in [-0.1, -0.05) is 25.0 Å². The Labute approximate surface area is 291 Å². The number of hydrogen-bond acceptors (Lipinski definition) is 9. The topological polar surface area (TPSA) is 163 Å². The summed E-state index contributed by atoms with van der Waals surface area (Å²) in [6, 6.07) is -2.66. The number of hydrogen-bond donors (Lipinski definition) is 3. The molecule has 0 spiro atoms. The third-order valence-corrected chi connectivity index (χ3v) is 11.6. The number of amides is 3. The van der Waals surface area contributed by atoms with E-state index in [4.69, 9.17) is 4.74 Å². The number of nitrogens with one attached hydrogen (secondary N) is 2. The summed E-state index contributed by atoms with van der Waals surface area (Å²) >= 11 is 1.83. The maximum Gasteiger partial charge on any atom is 0.408 e. The number of carboxylic acid groups (broad SMARTS) is 1. The van der Waals surface area contributed by atoms with Gasteiger partial charge in [0.2, 0.25) is 11.8 Å². The molecule has 3 amide bonds. The Morgan fingerprint density at radius 1 is 1.10 bits per heavy atom. The van der Waals surface area contributed by atoms with Gasteiger partial charge in [-0.2, -0.15) is 16.9 Å². The van der Waals surface area contributed by atoms with Gasteiger partial charge in [0.05, 0.1) is 17.9 Å². The SMILES string of the molecule is CC(C)(C)OC(=O)N[C@H]1CCCCC/C=C\[C@@H]2C[C@@]2(C(=O)O)NC(=O)[C@@H]2C[C@H](n3ncc(N4CCCC4)c(C4CCSC4)c3=O)CN2C1=O. The monoisotopic (exact) mass is 698 g/mol. The van der Waals surface area contributed by atoms with Crippen molar-refractivity contribution in [2.45, 2.75) is 120 Å². The highest BCUT2D eigenvalue weighted by Gasteiger charge is 2.61. The number of nitrogens with zero attached hydrogens (tertiary/aromatic N) is 4. The molecule has 49 heavy (non-hydrogen) atoms. The van der Waals surface area contributed by atoms with E-state index in [1.54, 1.807) is 27.0 Å². The first-order chi connectivity index (χ1) is 23.4. The Bertz CT molecular complexity index is 1530. The lowest BCUT2D eigenvalue weighted by molar-refractivity contribution is -0.145. The van der Waals surface area contributed by atoms with Gasteiger partial charge >= 0.3 is 12.1 Å². The van der Waals surface area contributed by atoms with Crippen LogP contribution in [0.25, 0.3) is 0 Å². The summed E-state index contributed by atoms with van der Waals surface area (Å²) in [6.07, 6.45) is 11.6. The Hall–Kier alpha value is -3.55. The molecule has 0 bridgehead atoms. The van der Waals surface area contributed by atoms with Crippen LogP contribution in [0.5, 0.6) is 0 Å². The molecule has 6 atom stereocenters. The van der Waals surface area contributed by atoms with E-state index in [0.29, 0.717) is 12.8 Å². The number of fused-ring (bicyclic) bond motifs is 2. The Kier molecular flexibility index (Phi) is 10.3. The third-order valence-electron chi connectivity index (χ3n) is 10.5. The summed E-state index contributed by atoms with van der Waals surface area (Å²) in [7, 11) is 0. The van der Waals surface area contributed by atoms with Crippen LogP contribution in [-0.4, -0.2) is 98.0 Å². The van der Waals surface area contributed by atoms with Gasteiger partial charge in [0, 0.05) is 49.2 Å². The van der Waals surface area contributed by atoms with Crippen molar-refractivity contribution in [3.8, 4) is 0 Å². The van der Waals surface area contributed by atoms with Gasteiger partial charge < -0.3 is 30.3 Å². The summed E-state index contributed by atoms with van der Waals surface area (Å²) in [4.78, 5) is 72.0. The number of aromatic nitrogens is 2. The van der Waals surface area contributed by atoms with E-state index in [1.165, 1.54) is 9.58 Å². The second-order valence-electron chi connectivity index (χ2n) is 15.2. The molecule has 1 saturated carbocycles. The van der Waals surface area contributed by atoms with Gasteiger partial charge in [-0.25, -0.2) is 14.3 Å². The van der Waals surface area contributed by atoms with Crippen molar-refractivity contribution in [1.82, 2.24) is 25.3 Å². The highest BCUT2D eigenvalue weighted by atomic mass is 32.2. The standard InChI is InChI=1S/C35H50N6O7S/c1-34(2,3)48-33(47)37-25-12-8-6-4-5-7-11-23-18-35(23,32(45)46)38-29(42)26-17-24(20-40(26)30(25)43)41-31(44)28(22-13-16-49-21-22)27(19-36-41)39-14-9-10-15-39/h7,11,19,22-26H,4-6,8-10,12-18,20-21H2,1-3H3,(H,37,47)(H,38,42)(H,45,46)/b11-7-/t22?,23-,24+,25+,26+,35-/m1/s1. The fourth-order valence-electron chi connectivity index (χ4n) is 7.79. The maximum absolute atomic E-state index is 14.4. The number of ether oxygens (including phenoxy) is 1. The predicted octanol–water partition coefficient (Wildman–Crippen LogP) is 3.58. The lowest BCUT2D eigenvalue weighted by Gasteiger charge is -2.30. The summed E-state index contributed by atoms with van der Waals surface area (Å²) < 4.78 is 6.93. The molecule has 268 valence electrons. The van der Waals surface area contributed by atoms with Gasteiger partial charge in [0.1, 0.15) is 23.2 Å². The van der Waals surface area contributed by atoms with Gasteiger partial charge in [0.15, 0.2) is 0 Å². The first kappa shape index (κ1) is 35.3. The molecule has 4 aliphatic heterocycles. The average molecular weight is 699 g/mol. The van der Waals surface area contributed by atoms with E-state index < -0.39 is 53.1 Å². The molecule has 13 nitrogen and oxygen atoms in total.